The van der Waals surface area contributed by atoms with Gasteiger partial charge in [-0.05, 0) is 18.2 Å². The summed E-state index contributed by atoms with van der Waals surface area (Å²) >= 11 is 0. The van der Waals surface area contributed by atoms with E-state index < -0.39 is 0 Å². The minimum atomic E-state index is -0.290. The first-order valence-electron chi connectivity index (χ1n) is 4.08. The molecule has 0 spiro atoms. The number of imide groups is 1. The lowest BCUT2D eigenvalue weighted by atomic mass is 10.1. The summed E-state index contributed by atoms with van der Waals surface area (Å²) in [4.78, 5) is 24.1. The molecule has 0 unspecified atom stereocenters. The van der Waals surface area contributed by atoms with E-state index in [0.29, 0.717) is 16.7 Å². The van der Waals surface area contributed by atoms with Crippen LogP contribution in [0.3, 0.4) is 0 Å². The number of rotatable bonds is 0. The van der Waals surface area contributed by atoms with Gasteiger partial charge in [-0.2, -0.15) is 0 Å². The quantitative estimate of drug-likeness (QED) is 0.444. The fraction of sp³-hybridized carbons (Fsp3) is 0.0909. The third-order valence-corrected chi connectivity index (χ3v) is 2.26. The molecule has 0 N–H and O–H groups in total. The highest BCUT2D eigenvalue weighted by molar-refractivity contribution is 6.21. The molecule has 0 fully saturated rings. The Morgan fingerprint density at radius 2 is 1.86 bits per heavy atom. The van der Waals surface area contributed by atoms with Crippen molar-refractivity contribution in [3.05, 3.63) is 34.9 Å². The number of amides is 2. The van der Waals surface area contributed by atoms with Gasteiger partial charge in [-0.15, -0.1) is 6.42 Å². The van der Waals surface area contributed by atoms with Gasteiger partial charge in [-0.1, -0.05) is 5.92 Å². The first kappa shape index (κ1) is 8.52. The van der Waals surface area contributed by atoms with E-state index in [1.807, 2.05) is 0 Å². The van der Waals surface area contributed by atoms with Crippen LogP contribution in [0.2, 0.25) is 0 Å². The average molecular weight is 185 g/mol. The van der Waals surface area contributed by atoms with Crippen molar-refractivity contribution in [2.75, 3.05) is 7.05 Å². The lowest BCUT2D eigenvalue weighted by molar-refractivity contribution is 0.0693. The van der Waals surface area contributed by atoms with Gasteiger partial charge in [0.2, 0.25) is 0 Å². The number of fused-ring (bicyclic) bond motifs is 1. The normalized spacial score (nSPS) is 14.1. The van der Waals surface area contributed by atoms with Gasteiger partial charge in [-0.25, -0.2) is 0 Å². The Morgan fingerprint density at radius 3 is 2.50 bits per heavy atom. The van der Waals surface area contributed by atoms with Gasteiger partial charge < -0.3 is 0 Å². The number of terminal acetylenes is 1. The van der Waals surface area contributed by atoms with E-state index in [1.54, 1.807) is 18.2 Å². The summed E-state index contributed by atoms with van der Waals surface area (Å²) in [6.07, 6.45) is 5.20. The van der Waals surface area contributed by atoms with Crippen molar-refractivity contribution in [1.29, 1.82) is 0 Å². The van der Waals surface area contributed by atoms with Gasteiger partial charge in [0.15, 0.2) is 0 Å². The molecule has 1 aromatic carbocycles. The van der Waals surface area contributed by atoms with Crippen molar-refractivity contribution in [2.45, 2.75) is 0 Å². The van der Waals surface area contributed by atoms with Crippen molar-refractivity contribution in [2.24, 2.45) is 0 Å². The molecule has 0 aliphatic carbocycles. The third-order valence-electron chi connectivity index (χ3n) is 2.26. The second-order valence-corrected chi connectivity index (χ2v) is 3.07. The van der Waals surface area contributed by atoms with Crippen molar-refractivity contribution in [3.8, 4) is 12.3 Å². The van der Waals surface area contributed by atoms with Crippen LogP contribution in [-0.4, -0.2) is 23.8 Å². The molecule has 2 amide bonds. The zero-order valence-electron chi connectivity index (χ0n) is 7.57. The predicted octanol–water partition coefficient (Wildman–Crippen LogP) is 0.894. The molecule has 0 radical (unpaired) electrons. The maximum atomic E-state index is 11.5. The maximum absolute atomic E-state index is 11.5. The Morgan fingerprint density at radius 1 is 1.21 bits per heavy atom. The molecule has 0 aromatic heterocycles. The number of carbonyl (C=O) groups excluding carboxylic acids is 2. The summed E-state index contributed by atoms with van der Waals surface area (Å²) in [6, 6.07) is 4.82. The molecular formula is C11H7NO2. The van der Waals surface area contributed by atoms with Gasteiger partial charge in [0.05, 0.1) is 11.1 Å². The van der Waals surface area contributed by atoms with Crippen LogP contribution in [0.4, 0.5) is 0 Å². The second-order valence-electron chi connectivity index (χ2n) is 3.07. The molecule has 68 valence electrons. The van der Waals surface area contributed by atoms with Crippen LogP contribution in [0.25, 0.3) is 0 Å². The number of nitrogens with zero attached hydrogens (tertiary/aromatic N) is 1. The largest absolute Gasteiger partial charge is 0.277 e. The Balaban J connectivity index is 2.66. The zero-order valence-corrected chi connectivity index (χ0v) is 7.57. The van der Waals surface area contributed by atoms with Crippen LogP contribution < -0.4 is 0 Å². The van der Waals surface area contributed by atoms with E-state index in [9.17, 15) is 9.59 Å². The lowest BCUT2D eigenvalue weighted by Crippen LogP contribution is -2.24. The van der Waals surface area contributed by atoms with Crippen molar-refractivity contribution in [3.63, 3.8) is 0 Å². The van der Waals surface area contributed by atoms with Gasteiger partial charge in [0, 0.05) is 12.6 Å². The summed E-state index contributed by atoms with van der Waals surface area (Å²) in [7, 11) is 1.46. The average Bonchev–Trinajstić information content (AvgIpc) is 2.44. The molecule has 1 aromatic rings. The first-order valence-corrected chi connectivity index (χ1v) is 4.08. The lowest BCUT2D eigenvalue weighted by Gasteiger charge is -2.02. The fourth-order valence-corrected chi connectivity index (χ4v) is 1.45. The summed E-state index contributed by atoms with van der Waals surface area (Å²) in [5.41, 5.74) is 1.43. The van der Waals surface area contributed by atoms with Crippen molar-refractivity contribution >= 4 is 11.8 Å². The second kappa shape index (κ2) is 2.71. The molecule has 1 aliphatic rings. The molecule has 0 bridgehead atoms. The predicted molar refractivity (Wildman–Crippen MR) is 50.8 cm³/mol. The number of hydrogen-bond donors (Lipinski definition) is 0. The standard InChI is InChI=1S/C11H7NO2/c1-3-7-4-5-8-9(6-7)11(14)12(2)10(8)13/h1,4-6H,2H3. The Labute approximate surface area is 81.3 Å². The van der Waals surface area contributed by atoms with Crippen LogP contribution in [0.15, 0.2) is 18.2 Å². The Bertz CT molecular complexity index is 483. The van der Waals surface area contributed by atoms with E-state index in [-0.39, 0.29) is 11.8 Å². The number of carbonyl (C=O) groups is 2. The van der Waals surface area contributed by atoms with E-state index in [1.165, 1.54) is 7.05 Å². The molecular weight excluding hydrogens is 178 g/mol. The minimum Gasteiger partial charge on any atom is -0.277 e. The smallest absolute Gasteiger partial charge is 0.261 e. The fourth-order valence-electron chi connectivity index (χ4n) is 1.45. The Hall–Kier alpha value is -2.08. The summed E-state index contributed by atoms with van der Waals surface area (Å²) in [5, 5.41) is 0. The van der Waals surface area contributed by atoms with Gasteiger partial charge in [0.1, 0.15) is 0 Å². The van der Waals surface area contributed by atoms with Gasteiger partial charge in [0.25, 0.3) is 11.8 Å². The van der Waals surface area contributed by atoms with E-state index in [4.69, 9.17) is 6.42 Å². The summed E-state index contributed by atoms with van der Waals surface area (Å²) < 4.78 is 0. The molecule has 1 aliphatic heterocycles. The topological polar surface area (TPSA) is 37.4 Å². The van der Waals surface area contributed by atoms with Crippen LogP contribution in [-0.2, 0) is 0 Å². The maximum Gasteiger partial charge on any atom is 0.261 e. The van der Waals surface area contributed by atoms with Gasteiger partial charge >= 0.3 is 0 Å². The highest BCUT2D eigenvalue weighted by Crippen LogP contribution is 2.22. The first-order chi connectivity index (χ1) is 6.65. The molecule has 14 heavy (non-hydrogen) atoms. The number of hydrogen-bond acceptors (Lipinski definition) is 2. The summed E-state index contributed by atoms with van der Waals surface area (Å²) in [6.45, 7) is 0. The van der Waals surface area contributed by atoms with E-state index >= 15 is 0 Å². The van der Waals surface area contributed by atoms with Crippen LogP contribution in [0, 0.1) is 12.3 Å². The molecule has 3 nitrogen and oxygen atoms in total. The van der Waals surface area contributed by atoms with Crippen LogP contribution in [0.5, 0.6) is 0 Å². The van der Waals surface area contributed by atoms with Gasteiger partial charge in [-0.3, -0.25) is 14.5 Å². The van der Waals surface area contributed by atoms with Crippen molar-refractivity contribution < 1.29 is 9.59 Å². The molecule has 0 atom stereocenters. The summed E-state index contributed by atoms with van der Waals surface area (Å²) in [5.74, 6) is 1.87. The van der Waals surface area contributed by atoms with E-state index in [2.05, 4.69) is 5.92 Å². The SMILES string of the molecule is C#Cc1ccc2c(c1)C(=O)N(C)C2=O. The molecule has 2 rings (SSSR count). The van der Waals surface area contributed by atoms with E-state index in [0.717, 1.165) is 4.90 Å². The molecule has 3 heteroatoms. The van der Waals surface area contributed by atoms with Crippen LogP contribution in [0.1, 0.15) is 26.3 Å². The number of benzene rings is 1. The minimum absolute atomic E-state index is 0.270. The Kier molecular flexibility index (Phi) is 1.65. The molecule has 0 saturated carbocycles. The highest BCUT2D eigenvalue weighted by Gasteiger charge is 2.32. The zero-order chi connectivity index (χ0) is 10.3. The van der Waals surface area contributed by atoms with Crippen molar-refractivity contribution in [1.82, 2.24) is 4.90 Å². The molecule has 0 saturated heterocycles. The van der Waals surface area contributed by atoms with Crippen LogP contribution >= 0.6 is 0 Å². The third kappa shape index (κ3) is 0.944. The monoisotopic (exact) mass is 185 g/mol. The highest BCUT2D eigenvalue weighted by atomic mass is 16.2. The molecule has 1 heterocycles.